The van der Waals surface area contributed by atoms with Gasteiger partial charge in [0.15, 0.2) is 0 Å². The maximum Gasteiger partial charge on any atom is 0.0690 e. The molecular formula is C11H25NO. The summed E-state index contributed by atoms with van der Waals surface area (Å²) in [5, 5.41) is 9.73. The van der Waals surface area contributed by atoms with Crippen molar-refractivity contribution in [3.8, 4) is 0 Å². The van der Waals surface area contributed by atoms with Crippen LogP contribution in [0.4, 0.5) is 0 Å². The molecule has 2 atom stereocenters. The number of hydrogen-bond acceptors (Lipinski definition) is 2. The number of rotatable bonds is 6. The van der Waals surface area contributed by atoms with Gasteiger partial charge in [-0.05, 0) is 40.2 Å². The summed E-state index contributed by atoms with van der Waals surface area (Å²) >= 11 is 0. The van der Waals surface area contributed by atoms with Crippen LogP contribution in [0, 0.1) is 0 Å². The third-order valence-electron chi connectivity index (χ3n) is 2.64. The molecule has 0 bridgehead atoms. The van der Waals surface area contributed by atoms with E-state index in [4.69, 9.17) is 0 Å². The zero-order valence-electron chi connectivity index (χ0n) is 9.75. The van der Waals surface area contributed by atoms with Gasteiger partial charge in [0.2, 0.25) is 0 Å². The first-order valence-electron chi connectivity index (χ1n) is 5.48. The standard InChI is InChI=1S/C11H25NO/c1-6-8-12(9(3)4)10(5)11(13)7-2/h9-11,13H,6-8H2,1-5H3. The molecule has 0 rings (SSSR count). The number of aliphatic hydroxyl groups excluding tert-OH is 1. The molecule has 0 saturated heterocycles. The van der Waals surface area contributed by atoms with Gasteiger partial charge in [-0.25, -0.2) is 0 Å². The van der Waals surface area contributed by atoms with Crippen molar-refractivity contribution < 1.29 is 5.11 Å². The van der Waals surface area contributed by atoms with E-state index in [-0.39, 0.29) is 12.1 Å². The van der Waals surface area contributed by atoms with Gasteiger partial charge in [-0.3, -0.25) is 4.90 Å². The summed E-state index contributed by atoms with van der Waals surface area (Å²) in [6, 6.07) is 0.807. The molecule has 0 aliphatic carbocycles. The molecule has 2 nitrogen and oxygen atoms in total. The molecule has 0 amide bonds. The van der Waals surface area contributed by atoms with E-state index in [0.717, 1.165) is 19.4 Å². The third kappa shape index (κ3) is 4.10. The Hall–Kier alpha value is -0.0800. The molecule has 0 saturated carbocycles. The van der Waals surface area contributed by atoms with E-state index in [9.17, 15) is 5.11 Å². The monoisotopic (exact) mass is 187 g/mol. The fraction of sp³-hybridized carbons (Fsp3) is 1.00. The third-order valence-corrected chi connectivity index (χ3v) is 2.64. The number of aliphatic hydroxyl groups is 1. The predicted molar refractivity (Wildman–Crippen MR) is 57.9 cm³/mol. The minimum absolute atomic E-state index is 0.186. The van der Waals surface area contributed by atoms with Crippen LogP contribution in [0.15, 0.2) is 0 Å². The van der Waals surface area contributed by atoms with Crippen LogP contribution in [0.2, 0.25) is 0 Å². The topological polar surface area (TPSA) is 23.5 Å². The number of hydrogen-bond donors (Lipinski definition) is 1. The molecule has 0 aliphatic heterocycles. The van der Waals surface area contributed by atoms with E-state index in [1.807, 2.05) is 6.92 Å². The molecular weight excluding hydrogens is 162 g/mol. The smallest absolute Gasteiger partial charge is 0.0690 e. The first kappa shape index (κ1) is 12.9. The maximum absolute atomic E-state index is 9.73. The molecule has 0 radical (unpaired) electrons. The fourth-order valence-electron chi connectivity index (χ4n) is 1.75. The Balaban J connectivity index is 4.18. The van der Waals surface area contributed by atoms with Crippen LogP contribution in [0.1, 0.15) is 47.5 Å². The first-order chi connectivity index (χ1) is 6.04. The highest BCUT2D eigenvalue weighted by Crippen LogP contribution is 2.11. The lowest BCUT2D eigenvalue weighted by Gasteiger charge is -2.35. The average molecular weight is 187 g/mol. The van der Waals surface area contributed by atoms with Gasteiger partial charge in [0.1, 0.15) is 0 Å². The van der Waals surface area contributed by atoms with E-state index < -0.39 is 0 Å². The Bertz CT molecular complexity index is 125. The quantitative estimate of drug-likeness (QED) is 0.689. The minimum atomic E-state index is -0.186. The van der Waals surface area contributed by atoms with Crippen LogP contribution in [0.3, 0.4) is 0 Å². The first-order valence-corrected chi connectivity index (χ1v) is 5.48. The second-order valence-corrected chi connectivity index (χ2v) is 4.05. The molecule has 0 fully saturated rings. The van der Waals surface area contributed by atoms with Crippen molar-refractivity contribution in [2.45, 2.75) is 65.6 Å². The molecule has 2 heteroatoms. The lowest BCUT2D eigenvalue weighted by molar-refractivity contribution is 0.0389. The molecule has 80 valence electrons. The molecule has 1 N–H and O–H groups in total. The fourth-order valence-corrected chi connectivity index (χ4v) is 1.75. The summed E-state index contributed by atoms with van der Waals surface area (Å²) in [5.74, 6) is 0. The van der Waals surface area contributed by atoms with Crippen LogP contribution in [-0.4, -0.2) is 34.7 Å². The van der Waals surface area contributed by atoms with E-state index in [0.29, 0.717) is 6.04 Å². The molecule has 0 aromatic heterocycles. The van der Waals surface area contributed by atoms with Crippen molar-refractivity contribution in [2.75, 3.05) is 6.54 Å². The lowest BCUT2D eigenvalue weighted by atomic mass is 10.1. The highest BCUT2D eigenvalue weighted by molar-refractivity contribution is 4.76. The summed E-state index contributed by atoms with van der Waals surface area (Å²) in [5.41, 5.74) is 0. The van der Waals surface area contributed by atoms with Crippen LogP contribution in [-0.2, 0) is 0 Å². The van der Waals surface area contributed by atoms with Gasteiger partial charge in [0.05, 0.1) is 6.10 Å². The summed E-state index contributed by atoms with van der Waals surface area (Å²) in [7, 11) is 0. The minimum Gasteiger partial charge on any atom is -0.392 e. The zero-order chi connectivity index (χ0) is 10.4. The van der Waals surface area contributed by atoms with E-state index in [1.165, 1.54) is 0 Å². The molecule has 2 unspecified atom stereocenters. The van der Waals surface area contributed by atoms with E-state index in [1.54, 1.807) is 0 Å². The van der Waals surface area contributed by atoms with E-state index >= 15 is 0 Å². The van der Waals surface area contributed by atoms with Crippen LogP contribution >= 0.6 is 0 Å². The molecule has 0 spiro atoms. The summed E-state index contributed by atoms with van der Waals surface area (Å²) < 4.78 is 0. The molecule has 0 heterocycles. The van der Waals surface area contributed by atoms with Gasteiger partial charge >= 0.3 is 0 Å². The second-order valence-electron chi connectivity index (χ2n) is 4.05. The lowest BCUT2D eigenvalue weighted by Crippen LogP contribution is -2.45. The summed E-state index contributed by atoms with van der Waals surface area (Å²) in [4.78, 5) is 2.37. The van der Waals surface area contributed by atoms with Crippen molar-refractivity contribution in [2.24, 2.45) is 0 Å². The van der Waals surface area contributed by atoms with Crippen molar-refractivity contribution >= 4 is 0 Å². The van der Waals surface area contributed by atoms with Crippen LogP contribution in [0.25, 0.3) is 0 Å². The maximum atomic E-state index is 9.73. The predicted octanol–water partition coefficient (Wildman–Crippen LogP) is 2.27. The van der Waals surface area contributed by atoms with Gasteiger partial charge in [-0.2, -0.15) is 0 Å². The Morgan fingerprint density at radius 1 is 1.15 bits per heavy atom. The Morgan fingerprint density at radius 2 is 1.69 bits per heavy atom. The van der Waals surface area contributed by atoms with Gasteiger partial charge < -0.3 is 5.11 Å². The zero-order valence-corrected chi connectivity index (χ0v) is 9.75. The Kier molecular flexibility index (Phi) is 6.35. The summed E-state index contributed by atoms with van der Waals surface area (Å²) in [6.45, 7) is 11.8. The SMILES string of the molecule is CCCN(C(C)C)C(C)C(O)CC. The van der Waals surface area contributed by atoms with Crippen LogP contribution in [0.5, 0.6) is 0 Å². The Labute approximate surface area is 82.9 Å². The van der Waals surface area contributed by atoms with Crippen LogP contribution < -0.4 is 0 Å². The molecule has 0 aliphatic rings. The Morgan fingerprint density at radius 3 is 2.00 bits per heavy atom. The second kappa shape index (κ2) is 6.39. The van der Waals surface area contributed by atoms with Crippen molar-refractivity contribution in [1.29, 1.82) is 0 Å². The number of nitrogens with zero attached hydrogens (tertiary/aromatic N) is 1. The van der Waals surface area contributed by atoms with Gasteiger partial charge in [-0.1, -0.05) is 13.8 Å². The normalized spacial score (nSPS) is 16.6. The van der Waals surface area contributed by atoms with Gasteiger partial charge in [0, 0.05) is 12.1 Å². The van der Waals surface area contributed by atoms with Gasteiger partial charge in [-0.15, -0.1) is 0 Å². The largest absolute Gasteiger partial charge is 0.392 e. The molecule has 13 heavy (non-hydrogen) atoms. The highest BCUT2D eigenvalue weighted by atomic mass is 16.3. The van der Waals surface area contributed by atoms with E-state index in [2.05, 4.69) is 32.6 Å². The summed E-state index contributed by atoms with van der Waals surface area (Å²) in [6.07, 6.45) is 1.81. The molecule has 0 aromatic carbocycles. The van der Waals surface area contributed by atoms with Crippen molar-refractivity contribution in [3.05, 3.63) is 0 Å². The van der Waals surface area contributed by atoms with Crippen molar-refractivity contribution in [1.82, 2.24) is 4.90 Å². The highest BCUT2D eigenvalue weighted by Gasteiger charge is 2.21. The molecule has 0 aromatic rings. The van der Waals surface area contributed by atoms with Crippen molar-refractivity contribution in [3.63, 3.8) is 0 Å². The average Bonchev–Trinajstić information content (AvgIpc) is 2.11. The van der Waals surface area contributed by atoms with Gasteiger partial charge in [0.25, 0.3) is 0 Å².